The summed E-state index contributed by atoms with van der Waals surface area (Å²) in [6, 6.07) is 20.1. The van der Waals surface area contributed by atoms with Crippen molar-refractivity contribution >= 4 is 28.7 Å². The molecular formula is C26H24N2O4. The predicted octanol–water partition coefficient (Wildman–Crippen LogP) is 5.55. The molecule has 0 radical (unpaired) electrons. The summed E-state index contributed by atoms with van der Waals surface area (Å²) >= 11 is 0. The van der Waals surface area contributed by atoms with E-state index < -0.39 is 12.1 Å². The van der Waals surface area contributed by atoms with Crippen molar-refractivity contribution in [1.29, 1.82) is 0 Å². The lowest BCUT2D eigenvalue weighted by molar-refractivity contribution is -0.123. The molecule has 0 saturated carbocycles. The van der Waals surface area contributed by atoms with Gasteiger partial charge >= 0.3 is 5.97 Å². The summed E-state index contributed by atoms with van der Waals surface area (Å²) in [5, 5.41) is 2.90. The number of amides is 1. The number of hydrogen-bond acceptors (Lipinski definition) is 5. The number of hydrogen-bond donors (Lipinski definition) is 1. The Bertz CT molecular complexity index is 1260. The van der Waals surface area contributed by atoms with Gasteiger partial charge in [-0.2, -0.15) is 0 Å². The Kier molecular flexibility index (Phi) is 6.03. The van der Waals surface area contributed by atoms with Crippen LogP contribution in [0.25, 0.3) is 22.6 Å². The van der Waals surface area contributed by atoms with Crippen molar-refractivity contribution in [2.75, 3.05) is 5.32 Å². The number of esters is 1. The lowest BCUT2D eigenvalue weighted by atomic mass is 10.1. The van der Waals surface area contributed by atoms with Gasteiger partial charge in [0.2, 0.25) is 5.89 Å². The Morgan fingerprint density at radius 3 is 2.56 bits per heavy atom. The van der Waals surface area contributed by atoms with Gasteiger partial charge in [0.15, 0.2) is 11.7 Å². The molecule has 0 aliphatic heterocycles. The number of ether oxygens (including phenoxy) is 1. The summed E-state index contributed by atoms with van der Waals surface area (Å²) < 4.78 is 11.3. The van der Waals surface area contributed by atoms with Gasteiger partial charge in [0.05, 0.1) is 11.1 Å². The topological polar surface area (TPSA) is 81.4 Å². The Labute approximate surface area is 186 Å². The van der Waals surface area contributed by atoms with E-state index in [0.717, 1.165) is 23.2 Å². The van der Waals surface area contributed by atoms with E-state index in [1.165, 1.54) is 0 Å². The van der Waals surface area contributed by atoms with E-state index >= 15 is 0 Å². The maximum Gasteiger partial charge on any atom is 0.339 e. The summed E-state index contributed by atoms with van der Waals surface area (Å²) in [5.41, 5.74) is 4.86. The lowest BCUT2D eigenvalue weighted by Gasteiger charge is -2.17. The van der Waals surface area contributed by atoms with E-state index in [0.29, 0.717) is 22.6 Å². The first kappa shape index (κ1) is 21.3. The molecule has 1 heterocycles. The van der Waals surface area contributed by atoms with E-state index in [1.807, 2.05) is 56.3 Å². The fraction of sp³-hybridized carbons (Fsp3) is 0.192. The molecule has 0 aliphatic carbocycles. The number of nitrogens with one attached hydrogen (secondary N) is 1. The molecule has 4 rings (SSSR count). The minimum atomic E-state index is -0.983. The molecule has 0 aliphatic rings. The summed E-state index contributed by atoms with van der Waals surface area (Å²) in [6.07, 6.45) is -0.202. The molecule has 0 fully saturated rings. The van der Waals surface area contributed by atoms with Gasteiger partial charge in [-0.05, 0) is 55.7 Å². The Hall–Kier alpha value is -3.93. The second-order valence-electron chi connectivity index (χ2n) is 7.53. The zero-order valence-corrected chi connectivity index (χ0v) is 18.2. The van der Waals surface area contributed by atoms with Gasteiger partial charge in [0.1, 0.15) is 5.52 Å². The van der Waals surface area contributed by atoms with Crippen molar-refractivity contribution in [3.8, 4) is 11.5 Å². The fourth-order valence-corrected chi connectivity index (χ4v) is 3.54. The van der Waals surface area contributed by atoms with Crippen molar-refractivity contribution in [3.63, 3.8) is 0 Å². The molecule has 4 aromatic rings. The summed E-state index contributed by atoms with van der Waals surface area (Å²) in [4.78, 5) is 30.2. The van der Waals surface area contributed by atoms with Crippen LogP contribution in [0.1, 0.15) is 35.3 Å². The maximum atomic E-state index is 12.9. The fourth-order valence-electron chi connectivity index (χ4n) is 3.54. The van der Waals surface area contributed by atoms with Gasteiger partial charge in [-0.1, -0.05) is 49.4 Å². The molecule has 1 atom stereocenters. The molecule has 1 aromatic heterocycles. The van der Waals surface area contributed by atoms with Gasteiger partial charge in [-0.25, -0.2) is 9.78 Å². The van der Waals surface area contributed by atoms with Crippen molar-refractivity contribution in [3.05, 3.63) is 83.4 Å². The molecule has 162 valence electrons. The molecule has 3 aromatic carbocycles. The monoisotopic (exact) mass is 428 g/mol. The smallest absolute Gasteiger partial charge is 0.339 e. The van der Waals surface area contributed by atoms with Crippen LogP contribution in [0.2, 0.25) is 0 Å². The summed E-state index contributed by atoms with van der Waals surface area (Å²) in [6.45, 7) is 5.51. The number of carbonyl (C=O) groups excluding carboxylic acids is 2. The molecule has 6 nitrogen and oxygen atoms in total. The number of carbonyl (C=O) groups is 2. The maximum absolute atomic E-state index is 12.9. The van der Waals surface area contributed by atoms with Crippen LogP contribution in [0.15, 0.2) is 71.1 Å². The van der Waals surface area contributed by atoms with Crippen molar-refractivity contribution in [1.82, 2.24) is 4.98 Å². The molecule has 1 amide bonds. The standard InChI is InChI=1S/C26H24N2O4/c1-4-18-11-9-10-16(2)23(18)28-24(29)17(3)31-26(30)20-13-6-5-12-19(20)25-27-21-14-7-8-15-22(21)32-25/h5-15,17H,4H2,1-3H3,(H,28,29). The third-order valence-corrected chi connectivity index (χ3v) is 5.31. The predicted molar refractivity (Wildman–Crippen MR) is 124 cm³/mol. The van der Waals surface area contributed by atoms with Crippen LogP contribution in [-0.2, 0) is 16.0 Å². The van der Waals surface area contributed by atoms with Crippen molar-refractivity contribution in [2.45, 2.75) is 33.3 Å². The highest BCUT2D eigenvalue weighted by atomic mass is 16.5. The molecule has 32 heavy (non-hydrogen) atoms. The van der Waals surface area contributed by atoms with Gasteiger partial charge < -0.3 is 14.5 Å². The van der Waals surface area contributed by atoms with E-state index in [-0.39, 0.29) is 11.5 Å². The minimum absolute atomic E-state index is 0.281. The van der Waals surface area contributed by atoms with Crippen LogP contribution in [0.5, 0.6) is 0 Å². The zero-order chi connectivity index (χ0) is 22.7. The quantitative estimate of drug-likeness (QED) is 0.407. The van der Waals surface area contributed by atoms with Crippen LogP contribution >= 0.6 is 0 Å². The number of aromatic nitrogens is 1. The van der Waals surface area contributed by atoms with Crippen molar-refractivity contribution < 1.29 is 18.7 Å². The Morgan fingerprint density at radius 1 is 1.03 bits per heavy atom. The van der Waals surface area contributed by atoms with E-state index in [9.17, 15) is 9.59 Å². The van der Waals surface area contributed by atoms with E-state index in [4.69, 9.17) is 9.15 Å². The number of oxazole rings is 1. The minimum Gasteiger partial charge on any atom is -0.449 e. The highest BCUT2D eigenvalue weighted by molar-refractivity contribution is 6.00. The Balaban J connectivity index is 1.54. The largest absolute Gasteiger partial charge is 0.449 e. The first-order valence-corrected chi connectivity index (χ1v) is 10.5. The molecule has 1 unspecified atom stereocenters. The number of aryl methyl sites for hydroxylation is 2. The van der Waals surface area contributed by atoms with Gasteiger partial charge in [-0.15, -0.1) is 0 Å². The zero-order valence-electron chi connectivity index (χ0n) is 18.2. The van der Waals surface area contributed by atoms with E-state index in [2.05, 4.69) is 10.3 Å². The lowest BCUT2D eigenvalue weighted by Crippen LogP contribution is -2.30. The van der Waals surface area contributed by atoms with Crippen LogP contribution in [0.4, 0.5) is 5.69 Å². The summed E-state index contributed by atoms with van der Waals surface area (Å²) in [7, 11) is 0. The molecule has 6 heteroatoms. The molecular weight excluding hydrogens is 404 g/mol. The molecule has 0 spiro atoms. The SMILES string of the molecule is CCc1cccc(C)c1NC(=O)C(C)OC(=O)c1ccccc1-c1nc2ccccc2o1. The highest BCUT2D eigenvalue weighted by Crippen LogP contribution is 2.28. The average Bonchev–Trinajstić information content (AvgIpc) is 3.24. The first-order chi connectivity index (χ1) is 15.5. The molecule has 1 N–H and O–H groups in total. The number of para-hydroxylation sites is 3. The number of benzene rings is 3. The van der Waals surface area contributed by atoms with Crippen LogP contribution in [0.3, 0.4) is 0 Å². The molecule has 0 saturated heterocycles. The highest BCUT2D eigenvalue weighted by Gasteiger charge is 2.23. The van der Waals surface area contributed by atoms with Crippen LogP contribution in [-0.4, -0.2) is 23.0 Å². The second-order valence-corrected chi connectivity index (χ2v) is 7.53. The first-order valence-electron chi connectivity index (χ1n) is 10.5. The number of rotatable bonds is 6. The number of fused-ring (bicyclic) bond motifs is 1. The van der Waals surface area contributed by atoms with E-state index in [1.54, 1.807) is 31.2 Å². The van der Waals surface area contributed by atoms with Crippen LogP contribution in [0, 0.1) is 6.92 Å². The normalized spacial score (nSPS) is 11.8. The van der Waals surface area contributed by atoms with Gasteiger partial charge in [0, 0.05) is 5.69 Å². The molecule has 0 bridgehead atoms. The van der Waals surface area contributed by atoms with Gasteiger partial charge in [-0.3, -0.25) is 4.79 Å². The summed E-state index contributed by atoms with van der Waals surface area (Å²) in [5.74, 6) is -0.684. The number of anilines is 1. The van der Waals surface area contributed by atoms with Crippen molar-refractivity contribution in [2.24, 2.45) is 0 Å². The Morgan fingerprint density at radius 2 is 1.78 bits per heavy atom. The third-order valence-electron chi connectivity index (χ3n) is 5.31. The third kappa shape index (κ3) is 4.25. The van der Waals surface area contributed by atoms with Gasteiger partial charge in [0.25, 0.3) is 5.91 Å². The second kappa shape index (κ2) is 9.06. The van der Waals surface area contributed by atoms with Crippen LogP contribution < -0.4 is 5.32 Å². The number of nitrogens with zero attached hydrogens (tertiary/aromatic N) is 1. The average molecular weight is 428 g/mol.